The highest BCUT2D eigenvalue weighted by atomic mass is 35.5. The van der Waals surface area contributed by atoms with E-state index in [1.165, 1.54) is 25.0 Å². The quantitative estimate of drug-likeness (QED) is 0.792. The van der Waals surface area contributed by atoms with E-state index in [2.05, 4.69) is 10.6 Å². The zero-order valence-electron chi connectivity index (χ0n) is 11.9. The molecule has 1 aromatic rings. The van der Waals surface area contributed by atoms with Crippen molar-refractivity contribution >= 4 is 29.3 Å². The minimum atomic E-state index is -1.13. The maximum Gasteiger partial charge on any atom is 0.337 e. The number of anilines is 1. The Morgan fingerprint density at radius 3 is 2.62 bits per heavy atom. The number of benzene rings is 1. The number of carboxylic acids is 1. The SMILES string of the molecule is CC(NC(=O)Nc1ccc(Cl)cc1C(=O)O)C1CCCC1. The van der Waals surface area contributed by atoms with Gasteiger partial charge in [-0.15, -0.1) is 0 Å². The second kappa shape index (κ2) is 6.80. The topological polar surface area (TPSA) is 78.4 Å². The average Bonchev–Trinajstić information content (AvgIpc) is 2.94. The lowest BCUT2D eigenvalue weighted by Gasteiger charge is -2.21. The van der Waals surface area contributed by atoms with E-state index in [1.54, 1.807) is 6.07 Å². The molecule has 6 heteroatoms. The van der Waals surface area contributed by atoms with Crippen LogP contribution in [-0.2, 0) is 0 Å². The van der Waals surface area contributed by atoms with Crippen molar-refractivity contribution in [2.24, 2.45) is 5.92 Å². The monoisotopic (exact) mass is 310 g/mol. The Bertz CT molecular complexity index is 542. The normalized spacial score (nSPS) is 16.5. The minimum Gasteiger partial charge on any atom is -0.478 e. The third kappa shape index (κ3) is 4.11. The fourth-order valence-corrected chi connectivity index (χ4v) is 2.91. The first kappa shape index (κ1) is 15.6. The van der Waals surface area contributed by atoms with Gasteiger partial charge < -0.3 is 15.7 Å². The third-order valence-electron chi connectivity index (χ3n) is 3.93. The van der Waals surface area contributed by atoms with Gasteiger partial charge in [0.15, 0.2) is 0 Å². The number of hydrogen-bond acceptors (Lipinski definition) is 2. The summed E-state index contributed by atoms with van der Waals surface area (Å²) in [5, 5.41) is 14.9. The number of carbonyl (C=O) groups excluding carboxylic acids is 1. The zero-order valence-corrected chi connectivity index (χ0v) is 12.6. The van der Waals surface area contributed by atoms with Crippen molar-refractivity contribution in [1.82, 2.24) is 5.32 Å². The van der Waals surface area contributed by atoms with Crippen molar-refractivity contribution in [3.63, 3.8) is 0 Å². The number of amides is 2. The molecule has 0 spiro atoms. The smallest absolute Gasteiger partial charge is 0.337 e. The lowest BCUT2D eigenvalue weighted by Crippen LogP contribution is -2.40. The molecule has 1 atom stereocenters. The molecule has 21 heavy (non-hydrogen) atoms. The first-order chi connectivity index (χ1) is 9.97. The van der Waals surface area contributed by atoms with Gasteiger partial charge in [-0.25, -0.2) is 9.59 Å². The fourth-order valence-electron chi connectivity index (χ4n) is 2.74. The predicted molar refractivity (Wildman–Crippen MR) is 82.0 cm³/mol. The minimum absolute atomic E-state index is 0.0221. The molecule has 2 amide bonds. The average molecular weight is 311 g/mol. The van der Waals surface area contributed by atoms with Gasteiger partial charge in [0, 0.05) is 11.1 Å². The Kier molecular flexibility index (Phi) is 5.07. The van der Waals surface area contributed by atoms with Crippen molar-refractivity contribution < 1.29 is 14.7 Å². The van der Waals surface area contributed by atoms with Crippen LogP contribution in [0.2, 0.25) is 5.02 Å². The van der Waals surface area contributed by atoms with Crippen LogP contribution in [0.1, 0.15) is 43.0 Å². The molecule has 0 saturated heterocycles. The summed E-state index contributed by atoms with van der Waals surface area (Å²) in [5.41, 5.74) is 0.217. The summed E-state index contributed by atoms with van der Waals surface area (Å²) in [6.45, 7) is 1.98. The van der Waals surface area contributed by atoms with E-state index in [9.17, 15) is 9.59 Å². The van der Waals surface area contributed by atoms with E-state index in [0.717, 1.165) is 12.8 Å². The summed E-state index contributed by atoms with van der Waals surface area (Å²) < 4.78 is 0. The molecule has 0 heterocycles. The molecule has 0 aromatic heterocycles. The first-order valence-corrected chi connectivity index (χ1v) is 7.45. The summed E-state index contributed by atoms with van der Waals surface area (Å²) in [7, 11) is 0. The fraction of sp³-hybridized carbons (Fsp3) is 0.467. The van der Waals surface area contributed by atoms with Gasteiger partial charge >= 0.3 is 12.0 Å². The lowest BCUT2D eigenvalue weighted by atomic mass is 10.0. The Labute approximate surface area is 128 Å². The number of urea groups is 1. The number of carboxylic acid groups (broad SMARTS) is 1. The van der Waals surface area contributed by atoms with Crippen LogP contribution in [0.25, 0.3) is 0 Å². The second-order valence-corrected chi connectivity index (χ2v) is 5.86. The third-order valence-corrected chi connectivity index (χ3v) is 4.16. The molecule has 2 rings (SSSR count). The van der Waals surface area contributed by atoms with Crippen molar-refractivity contribution in [2.45, 2.75) is 38.6 Å². The molecule has 1 saturated carbocycles. The molecule has 0 bridgehead atoms. The Hall–Kier alpha value is -1.75. The van der Waals surface area contributed by atoms with Crippen LogP contribution in [0.4, 0.5) is 10.5 Å². The van der Waals surface area contributed by atoms with E-state index in [0.29, 0.717) is 10.9 Å². The van der Waals surface area contributed by atoms with Crippen LogP contribution in [0.15, 0.2) is 18.2 Å². The van der Waals surface area contributed by atoms with Crippen LogP contribution < -0.4 is 10.6 Å². The van der Waals surface area contributed by atoms with E-state index in [1.807, 2.05) is 6.92 Å². The highest BCUT2D eigenvalue weighted by Crippen LogP contribution is 2.27. The van der Waals surface area contributed by atoms with Gasteiger partial charge in [0.25, 0.3) is 0 Å². The second-order valence-electron chi connectivity index (χ2n) is 5.43. The molecule has 114 valence electrons. The molecule has 1 fully saturated rings. The summed E-state index contributed by atoms with van der Waals surface area (Å²) in [6, 6.07) is 4.04. The van der Waals surface area contributed by atoms with E-state index in [4.69, 9.17) is 16.7 Å². The largest absolute Gasteiger partial charge is 0.478 e. The van der Waals surface area contributed by atoms with Crippen molar-refractivity contribution in [3.8, 4) is 0 Å². The summed E-state index contributed by atoms with van der Waals surface area (Å²) in [4.78, 5) is 23.1. The predicted octanol–water partition coefficient (Wildman–Crippen LogP) is 3.74. The summed E-state index contributed by atoms with van der Waals surface area (Å²) in [6.07, 6.45) is 4.67. The number of aromatic carboxylic acids is 1. The molecule has 1 aliphatic rings. The maximum absolute atomic E-state index is 12.0. The Morgan fingerprint density at radius 2 is 2.00 bits per heavy atom. The molecular formula is C15H19ClN2O3. The van der Waals surface area contributed by atoms with Crippen molar-refractivity contribution in [1.29, 1.82) is 0 Å². The van der Waals surface area contributed by atoms with Gasteiger partial charge in [-0.3, -0.25) is 0 Å². The van der Waals surface area contributed by atoms with Gasteiger partial charge in [-0.1, -0.05) is 24.4 Å². The highest BCUT2D eigenvalue weighted by Gasteiger charge is 2.23. The maximum atomic E-state index is 12.0. The molecule has 1 aliphatic carbocycles. The van der Waals surface area contributed by atoms with Crippen LogP contribution in [-0.4, -0.2) is 23.1 Å². The van der Waals surface area contributed by atoms with Gasteiger partial charge in [-0.05, 0) is 43.9 Å². The van der Waals surface area contributed by atoms with E-state index in [-0.39, 0.29) is 23.3 Å². The molecule has 5 nitrogen and oxygen atoms in total. The Morgan fingerprint density at radius 1 is 1.33 bits per heavy atom. The summed E-state index contributed by atoms with van der Waals surface area (Å²) in [5.74, 6) is -0.628. The molecule has 1 aromatic carbocycles. The molecule has 3 N–H and O–H groups in total. The van der Waals surface area contributed by atoms with Crippen LogP contribution in [0, 0.1) is 5.92 Å². The highest BCUT2D eigenvalue weighted by molar-refractivity contribution is 6.31. The number of hydrogen-bond donors (Lipinski definition) is 3. The number of halogens is 1. The number of rotatable bonds is 4. The number of carbonyl (C=O) groups is 2. The van der Waals surface area contributed by atoms with Gasteiger partial charge in [0.1, 0.15) is 0 Å². The van der Waals surface area contributed by atoms with Crippen LogP contribution >= 0.6 is 11.6 Å². The first-order valence-electron chi connectivity index (χ1n) is 7.07. The lowest BCUT2D eigenvalue weighted by molar-refractivity contribution is 0.0698. The van der Waals surface area contributed by atoms with Crippen molar-refractivity contribution in [3.05, 3.63) is 28.8 Å². The Balaban J connectivity index is 2.00. The molecular weight excluding hydrogens is 292 g/mol. The van der Waals surface area contributed by atoms with E-state index >= 15 is 0 Å². The molecule has 0 radical (unpaired) electrons. The van der Waals surface area contributed by atoms with Gasteiger partial charge in [0.2, 0.25) is 0 Å². The van der Waals surface area contributed by atoms with Crippen LogP contribution in [0.5, 0.6) is 0 Å². The standard InChI is InChI=1S/C15H19ClN2O3/c1-9(10-4-2-3-5-10)17-15(21)18-13-7-6-11(16)8-12(13)14(19)20/h6-10H,2-5H2,1H3,(H,19,20)(H2,17,18,21). The van der Waals surface area contributed by atoms with Gasteiger partial charge in [-0.2, -0.15) is 0 Å². The number of nitrogens with one attached hydrogen (secondary N) is 2. The van der Waals surface area contributed by atoms with E-state index < -0.39 is 5.97 Å². The summed E-state index contributed by atoms with van der Waals surface area (Å²) >= 11 is 5.78. The van der Waals surface area contributed by atoms with Gasteiger partial charge in [0.05, 0.1) is 11.3 Å². The zero-order chi connectivity index (χ0) is 15.4. The molecule has 1 unspecified atom stereocenters. The van der Waals surface area contributed by atoms with Crippen LogP contribution in [0.3, 0.4) is 0 Å². The van der Waals surface area contributed by atoms with Crippen molar-refractivity contribution in [2.75, 3.05) is 5.32 Å². The molecule has 0 aliphatic heterocycles.